The summed E-state index contributed by atoms with van der Waals surface area (Å²) in [4.78, 5) is 20.3. The highest BCUT2D eigenvalue weighted by atomic mass is 32.1. The van der Waals surface area contributed by atoms with E-state index in [4.69, 9.17) is 4.98 Å². The highest BCUT2D eigenvalue weighted by Gasteiger charge is 2.59. The summed E-state index contributed by atoms with van der Waals surface area (Å²) >= 11 is 3.15. The number of thiophene rings is 1. The van der Waals surface area contributed by atoms with Crippen molar-refractivity contribution in [3.05, 3.63) is 63.0 Å². The first kappa shape index (κ1) is 25.3. The van der Waals surface area contributed by atoms with Gasteiger partial charge in [0, 0.05) is 33.2 Å². The molecule has 6 nitrogen and oxygen atoms in total. The van der Waals surface area contributed by atoms with Gasteiger partial charge in [-0.1, -0.05) is 19.9 Å². The van der Waals surface area contributed by atoms with Gasteiger partial charge in [-0.3, -0.25) is 4.79 Å². The van der Waals surface area contributed by atoms with Crippen LogP contribution in [0.2, 0.25) is 0 Å². The van der Waals surface area contributed by atoms with Gasteiger partial charge in [0.15, 0.2) is 5.13 Å². The van der Waals surface area contributed by atoms with Crippen molar-refractivity contribution in [1.82, 2.24) is 10.3 Å². The molecule has 1 saturated carbocycles. The molecule has 5 atom stereocenters. The molecule has 3 aromatic rings. The maximum absolute atomic E-state index is 13.4. The Kier molecular flexibility index (Phi) is 6.93. The average molecular weight is 530 g/mol. The van der Waals surface area contributed by atoms with Gasteiger partial charge >= 0.3 is 0 Å². The Balaban J connectivity index is 1.47. The van der Waals surface area contributed by atoms with Gasteiger partial charge in [-0.05, 0) is 66.3 Å². The number of carbonyl (C=O) groups is 1. The third-order valence-corrected chi connectivity index (χ3v) is 10.3. The fraction of sp³-hybridized carbons (Fsp3) is 0.481. The Morgan fingerprint density at radius 2 is 2.03 bits per heavy atom. The molecule has 0 radical (unpaired) electrons. The smallest absolute Gasteiger partial charge is 0.220 e. The van der Waals surface area contributed by atoms with Crippen molar-refractivity contribution in [2.75, 3.05) is 11.9 Å². The molecule has 1 amide bonds. The molecule has 0 bridgehead atoms. The van der Waals surface area contributed by atoms with Gasteiger partial charge in [-0.15, -0.1) is 22.7 Å². The number of aliphatic hydroxyl groups is 2. The zero-order chi connectivity index (χ0) is 25.5. The van der Waals surface area contributed by atoms with Gasteiger partial charge in [0.25, 0.3) is 0 Å². The maximum atomic E-state index is 13.4. The first-order valence-electron chi connectivity index (χ1n) is 12.3. The van der Waals surface area contributed by atoms with Gasteiger partial charge < -0.3 is 20.8 Å². The first-order valence-corrected chi connectivity index (χ1v) is 14.0. The van der Waals surface area contributed by atoms with Crippen LogP contribution in [0.25, 0.3) is 0 Å². The monoisotopic (exact) mass is 529 g/mol. The summed E-state index contributed by atoms with van der Waals surface area (Å²) < 4.78 is 13.4. The van der Waals surface area contributed by atoms with E-state index < -0.39 is 11.5 Å². The van der Waals surface area contributed by atoms with Gasteiger partial charge in [0.2, 0.25) is 5.91 Å². The standard InChI is InChI=1S/C27H32FN3O3S2/c1-26-10-9-22(33)27(2,15-32)21(26)13-20-24(19(26)12-23(34)29-14-18-4-3-11-35-18)31-25(36-20)30-17-7-5-16(28)6-8-17/h3-8,11,19,21-22,32-33H,9-10,12-15H2,1-2H3,(H,29,34)(H,30,31). The number of benzene rings is 1. The number of hydrogen-bond acceptors (Lipinski definition) is 7. The van der Waals surface area contributed by atoms with Crippen LogP contribution in [-0.2, 0) is 17.8 Å². The lowest BCUT2D eigenvalue weighted by molar-refractivity contribution is -0.144. The predicted molar refractivity (Wildman–Crippen MR) is 141 cm³/mol. The minimum atomic E-state index is -0.662. The number of aromatic nitrogens is 1. The highest BCUT2D eigenvalue weighted by Crippen LogP contribution is 2.62. The number of nitrogens with zero attached hydrogens (tertiary/aromatic N) is 1. The molecule has 0 aliphatic heterocycles. The van der Waals surface area contributed by atoms with E-state index in [1.54, 1.807) is 23.5 Å². The number of thiazole rings is 1. The van der Waals surface area contributed by atoms with E-state index in [9.17, 15) is 19.4 Å². The van der Waals surface area contributed by atoms with Gasteiger partial charge in [-0.2, -0.15) is 0 Å². The molecule has 4 N–H and O–H groups in total. The molecule has 9 heteroatoms. The van der Waals surface area contributed by atoms with Crippen LogP contribution >= 0.6 is 22.7 Å². The normalized spacial score (nSPS) is 29.3. The van der Waals surface area contributed by atoms with Crippen LogP contribution in [0, 0.1) is 22.6 Å². The number of rotatable bonds is 7. The van der Waals surface area contributed by atoms with E-state index in [1.165, 1.54) is 23.5 Å². The van der Waals surface area contributed by atoms with Gasteiger partial charge in [0.05, 0.1) is 24.9 Å². The highest BCUT2D eigenvalue weighted by molar-refractivity contribution is 7.15. The molecular weight excluding hydrogens is 497 g/mol. The SMILES string of the molecule is CC1(CO)C(O)CCC2(C)C(CC(=O)NCc3cccs3)c3nc(Nc4ccc(F)cc4)sc3CC12. The Morgan fingerprint density at radius 1 is 1.25 bits per heavy atom. The Bertz CT molecular complexity index is 1220. The van der Waals surface area contributed by atoms with Crippen LogP contribution in [0.15, 0.2) is 41.8 Å². The zero-order valence-electron chi connectivity index (χ0n) is 20.5. The largest absolute Gasteiger partial charge is 0.396 e. The van der Waals surface area contributed by atoms with E-state index in [1.807, 2.05) is 24.4 Å². The number of nitrogens with one attached hydrogen (secondary N) is 2. The molecule has 0 spiro atoms. The molecule has 0 saturated heterocycles. The van der Waals surface area contributed by atoms with Crippen LogP contribution < -0.4 is 10.6 Å². The van der Waals surface area contributed by atoms with Gasteiger partial charge in [0.1, 0.15) is 5.82 Å². The van der Waals surface area contributed by atoms with E-state index in [0.29, 0.717) is 30.9 Å². The van der Waals surface area contributed by atoms with Crippen molar-refractivity contribution in [2.24, 2.45) is 16.7 Å². The lowest BCUT2D eigenvalue weighted by Gasteiger charge is -2.58. The minimum Gasteiger partial charge on any atom is -0.396 e. The topological polar surface area (TPSA) is 94.5 Å². The summed E-state index contributed by atoms with van der Waals surface area (Å²) in [7, 11) is 0. The average Bonchev–Trinajstić information content (AvgIpc) is 3.53. The molecule has 5 unspecified atom stereocenters. The number of carbonyl (C=O) groups excluding carboxylic acids is 1. The first-order chi connectivity index (χ1) is 17.2. The molecule has 1 fully saturated rings. The molecule has 36 heavy (non-hydrogen) atoms. The summed E-state index contributed by atoms with van der Waals surface area (Å²) in [6.45, 7) is 4.56. The van der Waals surface area contributed by atoms with Crippen molar-refractivity contribution < 1.29 is 19.4 Å². The van der Waals surface area contributed by atoms with Crippen molar-refractivity contribution in [3.8, 4) is 0 Å². The molecule has 2 aliphatic carbocycles. The molecule has 2 aliphatic rings. The summed E-state index contributed by atoms with van der Waals surface area (Å²) in [6, 6.07) is 10.1. The van der Waals surface area contributed by atoms with Crippen LogP contribution in [-0.4, -0.2) is 33.8 Å². The minimum absolute atomic E-state index is 0.000433. The van der Waals surface area contributed by atoms with Crippen molar-refractivity contribution in [1.29, 1.82) is 0 Å². The summed E-state index contributed by atoms with van der Waals surface area (Å²) in [5, 5.41) is 30.4. The Labute approximate surface area is 218 Å². The van der Waals surface area contributed by atoms with Crippen molar-refractivity contribution in [2.45, 2.75) is 58.1 Å². The lowest BCUT2D eigenvalue weighted by Crippen LogP contribution is -2.57. The number of hydrogen-bond donors (Lipinski definition) is 4. The third-order valence-electron chi connectivity index (χ3n) is 8.42. The summed E-state index contributed by atoms with van der Waals surface area (Å²) in [6.07, 6.45) is 1.73. The predicted octanol–water partition coefficient (Wildman–Crippen LogP) is 5.21. The van der Waals surface area contributed by atoms with Crippen molar-refractivity contribution >= 4 is 39.4 Å². The Hall–Kier alpha value is -2.33. The third kappa shape index (κ3) is 4.58. The zero-order valence-corrected chi connectivity index (χ0v) is 22.1. The second-order valence-electron chi connectivity index (χ2n) is 10.6. The van der Waals surface area contributed by atoms with Crippen molar-refractivity contribution in [3.63, 3.8) is 0 Å². The molecular formula is C27H32FN3O3S2. The van der Waals surface area contributed by atoms with E-state index >= 15 is 0 Å². The summed E-state index contributed by atoms with van der Waals surface area (Å²) in [5.74, 6) is -0.473. The number of amides is 1. The van der Waals surface area contributed by atoms with Crippen LogP contribution in [0.1, 0.15) is 54.5 Å². The quantitative estimate of drug-likeness (QED) is 0.337. The number of halogens is 1. The van der Waals surface area contributed by atoms with Gasteiger partial charge in [-0.25, -0.2) is 9.37 Å². The maximum Gasteiger partial charge on any atom is 0.220 e. The van der Waals surface area contributed by atoms with E-state index in [2.05, 4.69) is 17.6 Å². The van der Waals surface area contributed by atoms with E-state index in [-0.39, 0.29) is 35.6 Å². The molecule has 1 aromatic carbocycles. The lowest BCUT2D eigenvalue weighted by atomic mass is 9.47. The second kappa shape index (κ2) is 9.85. The fourth-order valence-corrected chi connectivity index (χ4v) is 7.95. The van der Waals surface area contributed by atoms with Crippen LogP contribution in [0.3, 0.4) is 0 Å². The molecule has 192 valence electrons. The molecule has 2 aromatic heterocycles. The van der Waals surface area contributed by atoms with Crippen LogP contribution in [0.5, 0.6) is 0 Å². The number of aliphatic hydroxyl groups excluding tert-OH is 2. The summed E-state index contributed by atoms with van der Waals surface area (Å²) in [5.41, 5.74) is 0.703. The van der Waals surface area contributed by atoms with Crippen LogP contribution in [0.4, 0.5) is 15.2 Å². The van der Waals surface area contributed by atoms with E-state index in [0.717, 1.165) is 27.6 Å². The second-order valence-corrected chi connectivity index (χ2v) is 12.7. The molecule has 5 rings (SSSR count). The number of anilines is 2. The number of fused-ring (bicyclic) bond motifs is 2. The molecule has 2 heterocycles. The Morgan fingerprint density at radius 3 is 2.72 bits per heavy atom. The fourth-order valence-electron chi connectivity index (χ4n) is 6.21.